The second kappa shape index (κ2) is 6.31. The Morgan fingerprint density at radius 1 is 1.24 bits per heavy atom. The zero-order chi connectivity index (χ0) is 15.6. The van der Waals surface area contributed by atoms with Crippen LogP contribution in [0.25, 0.3) is 0 Å². The smallest absolute Gasteiger partial charge is 0.238 e. The fraction of sp³-hybridized carbons (Fsp3) is 0.0769. The Bertz CT molecular complexity index is 783. The van der Waals surface area contributed by atoms with E-state index in [1.165, 1.54) is 30.3 Å². The maximum Gasteiger partial charge on any atom is 0.238 e. The first-order valence-corrected chi connectivity index (χ1v) is 8.38. The van der Waals surface area contributed by atoms with Gasteiger partial charge in [-0.15, -0.1) is 0 Å². The van der Waals surface area contributed by atoms with Crippen molar-refractivity contribution < 1.29 is 17.5 Å². The molecule has 0 spiro atoms. The summed E-state index contributed by atoms with van der Waals surface area (Å²) in [6.07, 6.45) is 0. The van der Waals surface area contributed by atoms with Gasteiger partial charge < -0.3 is 4.74 Å². The molecule has 0 aromatic heterocycles. The largest absolute Gasteiger partial charge is 0.488 e. The molecule has 2 N–H and O–H groups in total. The fourth-order valence-electron chi connectivity index (χ4n) is 1.57. The fourth-order valence-corrected chi connectivity index (χ4v) is 2.91. The number of benzene rings is 2. The molecule has 0 saturated carbocycles. The summed E-state index contributed by atoms with van der Waals surface area (Å²) in [6.45, 7) is -0.0175. The van der Waals surface area contributed by atoms with Crippen molar-refractivity contribution in [2.75, 3.05) is 0 Å². The van der Waals surface area contributed by atoms with Crippen LogP contribution in [-0.2, 0) is 16.6 Å². The highest BCUT2D eigenvalue weighted by atomic mass is 79.9. The molecule has 0 aliphatic carbocycles. The van der Waals surface area contributed by atoms with Gasteiger partial charge in [-0.3, -0.25) is 0 Å². The molecular formula is C13H10BrClFNO3S. The molecule has 4 nitrogen and oxygen atoms in total. The maximum atomic E-state index is 13.6. The number of nitrogens with two attached hydrogens (primary N) is 1. The highest BCUT2D eigenvalue weighted by Crippen LogP contribution is 2.28. The lowest BCUT2D eigenvalue weighted by molar-refractivity contribution is 0.298. The Kier molecular flexibility index (Phi) is 4.88. The highest BCUT2D eigenvalue weighted by Gasteiger charge is 2.11. The standard InChI is InChI=1S/C13H10BrClFNO3S/c14-11-6-10(21(17,18)19)3-4-13(11)20-7-8-1-2-9(15)5-12(8)16/h1-6H,7H2,(H2,17,18,19). The summed E-state index contributed by atoms with van der Waals surface area (Å²) in [6, 6.07) is 8.35. The van der Waals surface area contributed by atoms with Crippen LogP contribution < -0.4 is 9.88 Å². The Labute approximate surface area is 134 Å². The molecule has 0 saturated heterocycles. The van der Waals surface area contributed by atoms with Gasteiger partial charge in [0.1, 0.15) is 18.2 Å². The third kappa shape index (κ3) is 4.16. The number of sulfonamides is 1. The monoisotopic (exact) mass is 393 g/mol. The normalized spacial score (nSPS) is 11.4. The van der Waals surface area contributed by atoms with Crippen molar-refractivity contribution in [3.05, 3.63) is 57.3 Å². The maximum absolute atomic E-state index is 13.6. The zero-order valence-corrected chi connectivity index (χ0v) is 13.7. The van der Waals surface area contributed by atoms with Crippen LogP contribution in [-0.4, -0.2) is 8.42 Å². The predicted molar refractivity (Wildman–Crippen MR) is 81.3 cm³/mol. The minimum Gasteiger partial charge on any atom is -0.488 e. The van der Waals surface area contributed by atoms with Crippen molar-refractivity contribution in [2.24, 2.45) is 5.14 Å². The van der Waals surface area contributed by atoms with E-state index in [-0.39, 0.29) is 11.5 Å². The lowest BCUT2D eigenvalue weighted by Crippen LogP contribution is -2.12. The summed E-state index contributed by atoms with van der Waals surface area (Å²) < 4.78 is 41.9. The summed E-state index contributed by atoms with van der Waals surface area (Å²) in [7, 11) is -3.78. The summed E-state index contributed by atoms with van der Waals surface area (Å²) in [5, 5.41) is 5.32. The van der Waals surface area contributed by atoms with E-state index in [4.69, 9.17) is 21.5 Å². The van der Waals surface area contributed by atoms with Crippen molar-refractivity contribution in [1.82, 2.24) is 0 Å². The third-order valence-corrected chi connectivity index (χ3v) is 4.40. The van der Waals surface area contributed by atoms with Crippen LogP contribution in [0, 0.1) is 5.82 Å². The van der Waals surface area contributed by atoms with E-state index < -0.39 is 15.8 Å². The van der Waals surface area contributed by atoms with E-state index in [0.29, 0.717) is 20.8 Å². The molecule has 112 valence electrons. The molecule has 0 atom stereocenters. The van der Waals surface area contributed by atoms with Gasteiger partial charge in [0.25, 0.3) is 0 Å². The van der Waals surface area contributed by atoms with Crippen LogP contribution in [0.4, 0.5) is 4.39 Å². The molecule has 0 radical (unpaired) electrons. The minimum atomic E-state index is -3.78. The minimum absolute atomic E-state index is 0.0175. The first-order valence-electron chi connectivity index (χ1n) is 5.66. The average Bonchev–Trinajstić information content (AvgIpc) is 2.38. The second-order valence-corrected chi connectivity index (χ2v) is 7.01. The van der Waals surface area contributed by atoms with Gasteiger partial charge in [0.05, 0.1) is 9.37 Å². The van der Waals surface area contributed by atoms with Gasteiger partial charge >= 0.3 is 0 Å². The van der Waals surface area contributed by atoms with Gasteiger partial charge in [0.2, 0.25) is 10.0 Å². The Hall–Kier alpha value is -1.15. The third-order valence-electron chi connectivity index (χ3n) is 2.63. The van der Waals surface area contributed by atoms with Crippen molar-refractivity contribution in [3.8, 4) is 5.75 Å². The molecule has 0 heterocycles. The van der Waals surface area contributed by atoms with Gasteiger partial charge in [-0.05, 0) is 46.3 Å². The molecular weight excluding hydrogens is 385 g/mol. The molecule has 2 rings (SSSR count). The van der Waals surface area contributed by atoms with Crippen LogP contribution in [0.15, 0.2) is 45.8 Å². The van der Waals surface area contributed by atoms with Gasteiger partial charge in [-0.25, -0.2) is 17.9 Å². The van der Waals surface area contributed by atoms with Crippen LogP contribution in [0.1, 0.15) is 5.56 Å². The summed E-state index contributed by atoms with van der Waals surface area (Å²) >= 11 is 8.85. The molecule has 0 bridgehead atoms. The van der Waals surface area contributed by atoms with Gasteiger partial charge in [0, 0.05) is 10.6 Å². The topological polar surface area (TPSA) is 69.4 Å². The van der Waals surface area contributed by atoms with Crippen LogP contribution >= 0.6 is 27.5 Å². The van der Waals surface area contributed by atoms with Gasteiger partial charge in [-0.1, -0.05) is 17.7 Å². The van der Waals surface area contributed by atoms with Crippen LogP contribution in [0.2, 0.25) is 5.02 Å². The van der Waals surface area contributed by atoms with E-state index in [0.717, 1.165) is 0 Å². The predicted octanol–water partition coefficient (Wildman–Crippen LogP) is 3.47. The number of ether oxygens (including phenoxy) is 1. The van der Waals surface area contributed by atoms with E-state index >= 15 is 0 Å². The molecule has 8 heteroatoms. The Morgan fingerprint density at radius 3 is 2.52 bits per heavy atom. The van der Waals surface area contributed by atoms with Crippen LogP contribution in [0.5, 0.6) is 5.75 Å². The number of hydrogen-bond donors (Lipinski definition) is 1. The lowest BCUT2D eigenvalue weighted by Gasteiger charge is -2.10. The molecule has 2 aromatic carbocycles. The van der Waals surface area contributed by atoms with Crippen LogP contribution in [0.3, 0.4) is 0 Å². The highest BCUT2D eigenvalue weighted by molar-refractivity contribution is 9.10. The van der Waals surface area contributed by atoms with Crippen molar-refractivity contribution in [2.45, 2.75) is 11.5 Å². The summed E-state index contributed by atoms with van der Waals surface area (Å²) in [4.78, 5) is -0.0422. The van der Waals surface area contributed by atoms with Gasteiger partial charge in [-0.2, -0.15) is 0 Å². The number of primary sulfonamides is 1. The average molecular weight is 395 g/mol. The zero-order valence-electron chi connectivity index (χ0n) is 10.5. The quantitative estimate of drug-likeness (QED) is 0.863. The van der Waals surface area contributed by atoms with E-state index in [2.05, 4.69) is 15.9 Å². The Balaban J connectivity index is 2.17. The molecule has 0 fully saturated rings. The Morgan fingerprint density at radius 2 is 1.95 bits per heavy atom. The molecule has 0 amide bonds. The SMILES string of the molecule is NS(=O)(=O)c1ccc(OCc2ccc(Cl)cc2F)c(Br)c1. The molecule has 0 aliphatic heterocycles. The first kappa shape index (κ1) is 16.2. The molecule has 0 aliphatic rings. The van der Waals surface area contributed by atoms with E-state index in [9.17, 15) is 12.8 Å². The number of hydrogen-bond acceptors (Lipinski definition) is 3. The van der Waals surface area contributed by atoms with Crippen molar-refractivity contribution in [3.63, 3.8) is 0 Å². The molecule has 21 heavy (non-hydrogen) atoms. The summed E-state index contributed by atoms with van der Waals surface area (Å²) in [5.74, 6) is -0.100. The lowest BCUT2D eigenvalue weighted by atomic mass is 10.2. The first-order chi connectivity index (χ1) is 9.77. The summed E-state index contributed by atoms with van der Waals surface area (Å²) in [5.41, 5.74) is 0.335. The van der Waals surface area contributed by atoms with Crippen molar-refractivity contribution >= 4 is 37.6 Å². The van der Waals surface area contributed by atoms with E-state index in [1.54, 1.807) is 6.07 Å². The molecule has 0 unspecified atom stereocenters. The van der Waals surface area contributed by atoms with Gasteiger partial charge in [0.15, 0.2) is 0 Å². The second-order valence-electron chi connectivity index (χ2n) is 4.16. The van der Waals surface area contributed by atoms with Crippen molar-refractivity contribution in [1.29, 1.82) is 0 Å². The molecule has 2 aromatic rings. The number of halogens is 3. The number of rotatable bonds is 4. The van der Waals surface area contributed by atoms with E-state index in [1.807, 2.05) is 0 Å².